The van der Waals surface area contributed by atoms with E-state index in [1.165, 1.54) is 25.7 Å². The Morgan fingerprint density at radius 1 is 1.06 bits per heavy atom. The van der Waals surface area contributed by atoms with Crippen LogP contribution in [0.25, 0.3) is 0 Å². The summed E-state index contributed by atoms with van der Waals surface area (Å²) in [5, 5.41) is 0. The molecule has 1 atom stereocenters. The molecule has 0 aromatic heterocycles. The van der Waals surface area contributed by atoms with E-state index in [0.29, 0.717) is 19.6 Å². The maximum absolute atomic E-state index is 11.5. The van der Waals surface area contributed by atoms with E-state index in [4.69, 9.17) is 16.2 Å². The number of hydrogen-bond acceptors (Lipinski definition) is 4. The van der Waals surface area contributed by atoms with E-state index < -0.39 is 6.04 Å². The van der Waals surface area contributed by atoms with Crippen LogP contribution in [-0.2, 0) is 9.53 Å². The Labute approximate surface area is 111 Å². The van der Waals surface area contributed by atoms with E-state index in [9.17, 15) is 4.79 Å². The minimum atomic E-state index is -0.475. The first-order valence-electron chi connectivity index (χ1n) is 7.34. The fourth-order valence-corrected chi connectivity index (χ4v) is 1.79. The molecule has 0 aromatic carbocycles. The zero-order chi connectivity index (χ0) is 13.6. The van der Waals surface area contributed by atoms with Gasteiger partial charge in [-0.1, -0.05) is 45.4 Å². The number of carbonyl (C=O) groups excluding carboxylic acids is 1. The van der Waals surface area contributed by atoms with Crippen LogP contribution in [0, 0.1) is 0 Å². The standard InChI is InChI=1S/C14H30N2O2/c1-2-3-4-5-6-9-12-18-14(17)13(16)10-7-8-11-15/h13H,2-12,15-16H2,1H3. The number of nitrogens with two attached hydrogens (primary N) is 2. The average molecular weight is 258 g/mol. The molecule has 0 saturated carbocycles. The summed E-state index contributed by atoms with van der Waals surface area (Å²) in [4.78, 5) is 11.5. The summed E-state index contributed by atoms with van der Waals surface area (Å²) >= 11 is 0. The number of rotatable bonds is 12. The lowest BCUT2D eigenvalue weighted by Gasteiger charge is -2.11. The molecule has 0 saturated heterocycles. The van der Waals surface area contributed by atoms with Crippen molar-refractivity contribution in [1.82, 2.24) is 0 Å². The normalized spacial score (nSPS) is 12.4. The molecule has 0 rings (SSSR count). The summed E-state index contributed by atoms with van der Waals surface area (Å²) in [6, 6.07) is -0.475. The molecule has 0 fully saturated rings. The third kappa shape index (κ3) is 10.5. The van der Waals surface area contributed by atoms with Gasteiger partial charge in [-0.2, -0.15) is 0 Å². The van der Waals surface area contributed by atoms with Gasteiger partial charge in [-0.05, 0) is 25.8 Å². The lowest BCUT2D eigenvalue weighted by Crippen LogP contribution is -2.32. The molecule has 108 valence electrons. The predicted molar refractivity (Wildman–Crippen MR) is 75.2 cm³/mol. The summed E-state index contributed by atoms with van der Waals surface area (Å²) in [7, 11) is 0. The van der Waals surface area contributed by atoms with Crippen molar-refractivity contribution in [3.63, 3.8) is 0 Å². The number of unbranched alkanes of at least 4 members (excludes halogenated alkanes) is 6. The monoisotopic (exact) mass is 258 g/mol. The maximum atomic E-state index is 11.5. The molecule has 0 heterocycles. The van der Waals surface area contributed by atoms with Gasteiger partial charge in [-0.15, -0.1) is 0 Å². The first kappa shape index (κ1) is 17.4. The molecule has 0 aliphatic carbocycles. The van der Waals surface area contributed by atoms with Crippen LogP contribution in [0.2, 0.25) is 0 Å². The van der Waals surface area contributed by atoms with Gasteiger partial charge < -0.3 is 16.2 Å². The molecular formula is C14H30N2O2. The van der Waals surface area contributed by atoms with Crippen LogP contribution < -0.4 is 11.5 Å². The Hall–Kier alpha value is -0.610. The molecule has 0 amide bonds. The van der Waals surface area contributed by atoms with Crippen LogP contribution in [-0.4, -0.2) is 25.2 Å². The molecule has 0 bridgehead atoms. The lowest BCUT2D eigenvalue weighted by molar-refractivity contribution is -0.145. The first-order chi connectivity index (χ1) is 8.72. The Morgan fingerprint density at radius 3 is 2.39 bits per heavy atom. The van der Waals surface area contributed by atoms with Crippen molar-refractivity contribution in [1.29, 1.82) is 0 Å². The Kier molecular flexibility index (Phi) is 12.4. The van der Waals surface area contributed by atoms with Gasteiger partial charge in [0.15, 0.2) is 0 Å². The molecule has 1 unspecified atom stereocenters. The Bertz CT molecular complexity index is 198. The molecule has 4 N–H and O–H groups in total. The Morgan fingerprint density at radius 2 is 1.72 bits per heavy atom. The molecule has 0 radical (unpaired) electrons. The van der Waals surface area contributed by atoms with Crippen molar-refractivity contribution in [2.45, 2.75) is 70.8 Å². The summed E-state index contributed by atoms with van der Waals surface area (Å²) in [5.74, 6) is -0.263. The molecule has 18 heavy (non-hydrogen) atoms. The average Bonchev–Trinajstić information content (AvgIpc) is 2.37. The number of ether oxygens (including phenoxy) is 1. The fraction of sp³-hybridized carbons (Fsp3) is 0.929. The van der Waals surface area contributed by atoms with E-state index in [0.717, 1.165) is 25.7 Å². The van der Waals surface area contributed by atoms with Crippen LogP contribution >= 0.6 is 0 Å². The van der Waals surface area contributed by atoms with E-state index >= 15 is 0 Å². The highest BCUT2D eigenvalue weighted by Gasteiger charge is 2.13. The topological polar surface area (TPSA) is 78.3 Å². The van der Waals surface area contributed by atoms with Crippen molar-refractivity contribution >= 4 is 5.97 Å². The van der Waals surface area contributed by atoms with Crippen molar-refractivity contribution in [2.75, 3.05) is 13.2 Å². The smallest absolute Gasteiger partial charge is 0.322 e. The third-order valence-corrected chi connectivity index (χ3v) is 3.01. The minimum Gasteiger partial charge on any atom is -0.465 e. The molecule has 0 aromatic rings. The fourth-order valence-electron chi connectivity index (χ4n) is 1.79. The SMILES string of the molecule is CCCCCCCCOC(=O)C(N)CCCCN. The predicted octanol–water partition coefficient (Wildman–Crippen LogP) is 2.35. The second-order valence-electron chi connectivity index (χ2n) is 4.83. The molecule has 0 aliphatic heterocycles. The van der Waals surface area contributed by atoms with Crippen LogP contribution in [0.1, 0.15) is 64.7 Å². The number of esters is 1. The van der Waals surface area contributed by atoms with Crippen LogP contribution in [0.4, 0.5) is 0 Å². The van der Waals surface area contributed by atoms with Crippen LogP contribution in [0.3, 0.4) is 0 Å². The van der Waals surface area contributed by atoms with Gasteiger partial charge in [0, 0.05) is 0 Å². The summed E-state index contributed by atoms with van der Waals surface area (Å²) in [6.45, 7) is 3.36. The molecular weight excluding hydrogens is 228 g/mol. The molecule has 0 spiro atoms. The van der Waals surface area contributed by atoms with Gasteiger partial charge in [0.25, 0.3) is 0 Å². The van der Waals surface area contributed by atoms with Crippen molar-refractivity contribution < 1.29 is 9.53 Å². The van der Waals surface area contributed by atoms with Crippen molar-refractivity contribution in [3.8, 4) is 0 Å². The quantitative estimate of drug-likeness (QED) is 0.416. The van der Waals surface area contributed by atoms with Crippen LogP contribution in [0.15, 0.2) is 0 Å². The largest absolute Gasteiger partial charge is 0.465 e. The van der Waals surface area contributed by atoms with Crippen molar-refractivity contribution in [2.24, 2.45) is 11.5 Å². The second kappa shape index (κ2) is 12.8. The van der Waals surface area contributed by atoms with Gasteiger partial charge >= 0.3 is 5.97 Å². The highest BCUT2D eigenvalue weighted by molar-refractivity contribution is 5.75. The molecule has 0 aliphatic rings. The number of hydrogen-bond donors (Lipinski definition) is 2. The minimum absolute atomic E-state index is 0.263. The summed E-state index contributed by atoms with van der Waals surface area (Å²) < 4.78 is 5.15. The summed E-state index contributed by atoms with van der Waals surface area (Å²) in [5.41, 5.74) is 11.1. The van der Waals surface area contributed by atoms with Crippen molar-refractivity contribution in [3.05, 3.63) is 0 Å². The highest BCUT2D eigenvalue weighted by Crippen LogP contribution is 2.06. The first-order valence-corrected chi connectivity index (χ1v) is 7.34. The van der Waals surface area contributed by atoms with E-state index in [1.54, 1.807) is 0 Å². The van der Waals surface area contributed by atoms with Gasteiger partial charge in [0.2, 0.25) is 0 Å². The van der Waals surface area contributed by atoms with E-state index in [1.807, 2.05) is 0 Å². The highest BCUT2D eigenvalue weighted by atomic mass is 16.5. The number of carbonyl (C=O) groups is 1. The molecule has 4 nitrogen and oxygen atoms in total. The van der Waals surface area contributed by atoms with Gasteiger partial charge in [0.1, 0.15) is 6.04 Å². The Balaban J connectivity index is 3.35. The molecule has 4 heteroatoms. The van der Waals surface area contributed by atoms with E-state index in [2.05, 4.69) is 6.92 Å². The maximum Gasteiger partial charge on any atom is 0.322 e. The van der Waals surface area contributed by atoms with Gasteiger partial charge in [-0.3, -0.25) is 4.79 Å². The van der Waals surface area contributed by atoms with E-state index in [-0.39, 0.29) is 5.97 Å². The zero-order valence-corrected chi connectivity index (χ0v) is 11.8. The van der Waals surface area contributed by atoms with Gasteiger partial charge in [0.05, 0.1) is 6.61 Å². The van der Waals surface area contributed by atoms with Gasteiger partial charge in [-0.25, -0.2) is 0 Å². The lowest BCUT2D eigenvalue weighted by atomic mass is 10.1. The second-order valence-corrected chi connectivity index (χ2v) is 4.83. The summed E-state index contributed by atoms with van der Waals surface area (Å²) in [6.07, 6.45) is 9.63. The third-order valence-electron chi connectivity index (χ3n) is 3.01. The zero-order valence-electron chi connectivity index (χ0n) is 11.8. The van der Waals surface area contributed by atoms with Crippen LogP contribution in [0.5, 0.6) is 0 Å².